The van der Waals surface area contributed by atoms with E-state index in [9.17, 15) is 4.79 Å². The third-order valence-electron chi connectivity index (χ3n) is 5.10. The summed E-state index contributed by atoms with van der Waals surface area (Å²) in [5.74, 6) is -0.130. The Morgan fingerprint density at radius 1 is 1.03 bits per heavy atom. The molecule has 2 aromatic carbocycles. The normalized spacial score (nSPS) is 11.0. The number of nitrogens with one attached hydrogen (secondary N) is 1. The molecule has 0 saturated heterocycles. The van der Waals surface area contributed by atoms with E-state index in [1.807, 2.05) is 48.5 Å². The van der Waals surface area contributed by atoms with Crippen molar-refractivity contribution in [2.24, 2.45) is 0 Å². The zero-order valence-corrected chi connectivity index (χ0v) is 17.6. The monoisotopic (exact) mass is 443 g/mol. The molecule has 3 heterocycles. The van der Waals surface area contributed by atoms with Gasteiger partial charge in [-0.1, -0.05) is 41.1 Å². The molecule has 0 aliphatic heterocycles. The molecule has 0 aliphatic carbocycles. The van der Waals surface area contributed by atoms with E-state index in [-0.39, 0.29) is 12.5 Å². The van der Waals surface area contributed by atoms with Gasteiger partial charge in [0.1, 0.15) is 12.1 Å². The minimum absolute atomic E-state index is 0.0524. The lowest BCUT2D eigenvalue weighted by atomic mass is 10.1. The Bertz CT molecular complexity index is 1360. The second-order valence-corrected chi connectivity index (χ2v) is 7.68. The Hall–Kier alpha value is -4.04. The standard InChI is InChI=1S/C23H18ClN7O/c24-18-9-16(10-25-11-18)13-30(19-7-5-17(6-8-19)21-12-26-15-27-21)23(32)14-31-22-4-2-1-3-20(22)28-29-31/h1-12,15H,13-14H2,(H,26,27). The number of carbonyl (C=O) groups excluding carboxylic acids is 1. The highest BCUT2D eigenvalue weighted by atomic mass is 35.5. The van der Waals surface area contributed by atoms with Gasteiger partial charge in [-0.3, -0.25) is 9.78 Å². The first-order valence-electron chi connectivity index (χ1n) is 9.94. The Morgan fingerprint density at radius 2 is 1.88 bits per heavy atom. The smallest absolute Gasteiger partial charge is 0.249 e. The summed E-state index contributed by atoms with van der Waals surface area (Å²) in [6.07, 6.45) is 6.66. The number of hydrogen-bond acceptors (Lipinski definition) is 5. The van der Waals surface area contributed by atoms with Gasteiger partial charge < -0.3 is 9.88 Å². The molecule has 8 nitrogen and oxygen atoms in total. The zero-order valence-electron chi connectivity index (χ0n) is 16.9. The molecule has 32 heavy (non-hydrogen) atoms. The van der Waals surface area contributed by atoms with Crippen LogP contribution in [0.25, 0.3) is 22.3 Å². The molecule has 1 N–H and O–H groups in total. The van der Waals surface area contributed by atoms with Gasteiger partial charge in [-0.2, -0.15) is 0 Å². The molecule has 0 unspecified atom stereocenters. The molecule has 5 rings (SSSR count). The summed E-state index contributed by atoms with van der Waals surface area (Å²) < 4.78 is 1.61. The van der Waals surface area contributed by atoms with Crippen molar-refractivity contribution in [1.29, 1.82) is 0 Å². The van der Waals surface area contributed by atoms with Crippen molar-refractivity contribution in [2.45, 2.75) is 13.1 Å². The predicted octanol–water partition coefficient (Wildman–Crippen LogP) is 4.10. The largest absolute Gasteiger partial charge is 0.345 e. The van der Waals surface area contributed by atoms with Crippen molar-refractivity contribution in [1.82, 2.24) is 29.9 Å². The average Bonchev–Trinajstić information content (AvgIpc) is 3.49. The number of rotatable bonds is 6. The number of pyridine rings is 1. The summed E-state index contributed by atoms with van der Waals surface area (Å²) in [6.45, 7) is 0.374. The van der Waals surface area contributed by atoms with Gasteiger partial charge in [-0.15, -0.1) is 5.10 Å². The topological polar surface area (TPSA) is 92.6 Å². The second kappa shape index (κ2) is 8.60. The van der Waals surface area contributed by atoms with E-state index in [2.05, 4.69) is 25.3 Å². The molecule has 1 amide bonds. The van der Waals surface area contributed by atoms with E-state index in [0.29, 0.717) is 11.6 Å². The highest BCUT2D eigenvalue weighted by molar-refractivity contribution is 6.30. The molecule has 0 atom stereocenters. The lowest BCUT2D eigenvalue weighted by Crippen LogP contribution is -2.33. The molecule has 0 bridgehead atoms. The molecular weight excluding hydrogens is 426 g/mol. The number of anilines is 1. The van der Waals surface area contributed by atoms with Crippen LogP contribution >= 0.6 is 11.6 Å². The number of amides is 1. The Kier molecular flexibility index (Phi) is 5.35. The van der Waals surface area contributed by atoms with Crippen LogP contribution in [0.4, 0.5) is 5.69 Å². The summed E-state index contributed by atoms with van der Waals surface area (Å²) in [4.78, 5) is 26.4. The lowest BCUT2D eigenvalue weighted by Gasteiger charge is -2.23. The number of hydrogen-bond donors (Lipinski definition) is 1. The number of H-pyrrole nitrogens is 1. The Labute approximate surface area is 188 Å². The maximum atomic E-state index is 13.4. The van der Waals surface area contributed by atoms with Gasteiger partial charge in [0.15, 0.2) is 0 Å². The minimum Gasteiger partial charge on any atom is -0.345 e. The van der Waals surface area contributed by atoms with Crippen molar-refractivity contribution in [3.8, 4) is 11.3 Å². The summed E-state index contributed by atoms with van der Waals surface area (Å²) >= 11 is 6.11. The van der Waals surface area contributed by atoms with Gasteiger partial charge in [0, 0.05) is 18.1 Å². The van der Waals surface area contributed by atoms with Gasteiger partial charge >= 0.3 is 0 Å². The fourth-order valence-corrected chi connectivity index (χ4v) is 3.73. The van der Waals surface area contributed by atoms with Crippen molar-refractivity contribution in [2.75, 3.05) is 4.90 Å². The first-order chi connectivity index (χ1) is 15.7. The van der Waals surface area contributed by atoms with Crippen LogP contribution in [0.1, 0.15) is 5.56 Å². The number of nitrogens with zero attached hydrogens (tertiary/aromatic N) is 6. The molecular formula is C23H18ClN7O. The molecule has 0 radical (unpaired) electrons. The third-order valence-corrected chi connectivity index (χ3v) is 5.30. The average molecular weight is 444 g/mol. The molecule has 3 aromatic heterocycles. The Morgan fingerprint density at radius 3 is 2.66 bits per heavy atom. The van der Waals surface area contributed by atoms with E-state index in [1.165, 1.54) is 0 Å². The summed E-state index contributed by atoms with van der Waals surface area (Å²) in [7, 11) is 0. The third kappa shape index (κ3) is 4.08. The summed E-state index contributed by atoms with van der Waals surface area (Å²) in [5, 5.41) is 8.82. The fourth-order valence-electron chi connectivity index (χ4n) is 3.53. The number of imidazole rings is 1. The van der Waals surface area contributed by atoms with Crippen molar-refractivity contribution in [3.05, 3.63) is 90.1 Å². The predicted molar refractivity (Wildman–Crippen MR) is 122 cm³/mol. The molecule has 0 aliphatic rings. The lowest BCUT2D eigenvalue weighted by molar-refractivity contribution is -0.119. The van der Waals surface area contributed by atoms with Crippen LogP contribution in [0.2, 0.25) is 5.02 Å². The SMILES string of the molecule is O=C(Cn1nnc2ccccc21)N(Cc1cncc(Cl)c1)c1ccc(-c2cnc[nH]2)cc1. The first-order valence-corrected chi connectivity index (χ1v) is 10.3. The van der Waals surface area contributed by atoms with Crippen molar-refractivity contribution >= 4 is 34.2 Å². The molecule has 9 heteroatoms. The van der Waals surface area contributed by atoms with Crippen LogP contribution in [-0.4, -0.2) is 35.9 Å². The van der Waals surface area contributed by atoms with E-state index < -0.39 is 0 Å². The van der Waals surface area contributed by atoms with Crippen LogP contribution in [0.3, 0.4) is 0 Å². The van der Waals surface area contributed by atoms with Crippen LogP contribution in [-0.2, 0) is 17.9 Å². The number of fused-ring (bicyclic) bond motifs is 1. The van der Waals surface area contributed by atoms with Gasteiger partial charge in [0.25, 0.3) is 0 Å². The van der Waals surface area contributed by atoms with Crippen LogP contribution in [0.15, 0.2) is 79.5 Å². The molecule has 0 saturated carbocycles. The van der Waals surface area contributed by atoms with Crippen LogP contribution in [0.5, 0.6) is 0 Å². The van der Waals surface area contributed by atoms with E-state index in [1.54, 1.807) is 40.6 Å². The number of para-hydroxylation sites is 1. The maximum Gasteiger partial charge on any atom is 0.249 e. The highest BCUT2D eigenvalue weighted by Gasteiger charge is 2.19. The van der Waals surface area contributed by atoms with Crippen molar-refractivity contribution in [3.63, 3.8) is 0 Å². The first kappa shape index (κ1) is 19.9. The second-order valence-electron chi connectivity index (χ2n) is 7.24. The molecule has 0 fully saturated rings. The quantitative estimate of drug-likeness (QED) is 0.426. The molecule has 0 spiro atoms. The van der Waals surface area contributed by atoms with Crippen LogP contribution in [0, 0.1) is 0 Å². The fraction of sp³-hybridized carbons (Fsp3) is 0.0870. The zero-order chi connectivity index (χ0) is 21.9. The number of carbonyl (C=O) groups is 1. The van der Waals surface area contributed by atoms with Gasteiger partial charge in [0.2, 0.25) is 5.91 Å². The van der Waals surface area contributed by atoms with Gasteiger partial charge in [-0.05, 0) is 41.5 Å². The van der Waals surface area contributed by atoms with E-state index >= 15 is 0 Å². The summed E-state index contributed by atoms with van der Waals surface area (Å²) in [6, 6.07) is 17.1. The minimum atomic E-state index is -0.130. The van der Waals surface area contributed by atoms with Gasteiger partial charge in [0.05, 0.1) is 35.3 Å². The maximum absolute atomic E-state index is 13.4. The number of aromatic nitrogens is 6. The Balaban J connectivity index is 1.46. The van der Waals surface area contributed by atoms with Crippen LogP contribution < -0.4 is 4.90 Å². The van der Waals surface area contributed by atoms with Gasteiger partial charge in [-0.25, -0.2) is 9.67 Å². The number of benzene rings is 2. The van der Waals surface area contributed by atoms with E-state index in [0.717, 1.165) is 33.5 Å². The number of halogens is 1. The summed E-state index contributed by atoms with van der Waals surface area (Å²) in [5.41, 5.74) is 5.01. The van der Waals surface area contributed by atoms with Crippen molar-refractivity contribution < 1.29 is 4.79 Å². The van der Waals surface area contributed by atoms with E-state index in [4.69, 9.17) is 11.6 Å². The number of aromatic amines is 1. The molecule has 5 aromatic rings. The highest BCUT2D eigenvalue weighted by Crippen LogP contribution is 2.24. The molecule has 158 valence electrons.